The van der Waals surface area contributed by atoms with E-state index in [1.165, 1.54) is 18.2 Å². The van der Waals surface area contributed by atoms with Crippen molar-refractivity contribution in [2.75, 3.05) is 0 Å². The van der Waals surface area contributed by atoms with Crippen LogP contribution in [0, 0.1) is 12.7 Å². The highest BCUT2D eigenvalue weighted by Crippen LogP contribution is 2.22. The largest absolute Gasteiger partial charge is 0.294 e. The second-order valence-corrected chi connectivity index (χ2v) is 4.46. The molecule has 0 radical (unpaired) electrons. The van der Waals surface area contributed by atoms with Crippen molar-refractivity contribution in [3.8, 4) is 5.69 Å². The van der Waals surface area contributed by atoms with Gasteiger partial charge in [-0.1, -0.05) is 17.7 Å². The molecule has 1 aromatic carbocycles. The van der Waals surface area contributed by atoms with Gasteiger partial charge in [0.15, 0.2) is 0 Å². The van der Waals surface area contributed by atoms with E-state index in [-0.39, 0.29) is 16.3 Å². The predicted octanol–water partition coefficient (Wildman–Crippen LogP) is 3.03. The second-order valence-electron chi connectivity index (χ2n) is 3.26. The van der Waals surface area contributed by atoms with Crippen molar-refractivity contribution < 1.29 is 4.39 Å². The summed E-state index contributed by atoms with van der Waals surface area (Å²) in [5.41, 5.74) is 0.275. The van der Waals surface area contributed by atoms with E-state index in [2.05, 4.69) is 21.0 Å². The van der Waals surface area contributed by atoms with Crippen molar-refractivity contribution in [1.82, 2.24) is 9.78 Å². The molecule has 6 heteroatoms. The number of para-hydroxylation sites is 1. The maximum absolute atomic E-state index is 13.6. The lowest BCUT2D eigenvalue weighted by Gasteiger charge is -2.05. The highest BCUT2D eigenvalue weighted by molar-refractivity contribution is 9.10. The van der Waals surface area contributed by atoms with E-state index in [0.717, 1.165) is 4.68 Å². The van der Waals surface area contributed by atoms with Crippen LogP contribution in [0.4, 0.5) is 4.39 Å². The molecule has 0 fully saturated rings. The van der Waals surface area contributed by atoms with Gasteiger partial charge in [0.25, 0.3) is 5.56 Å². The van der Waals surface area contributed by atoms with Crippen molar-refractivity contribution in [2.45, 2.75) is 6.92 Å². The Morgan fingerprint density at radius 1 is 1.50 bits per heavy atom. The molecule has 0 atom stereocenters. The van der Waals surface area contributed by atoms with Crippen LogP contribution < -0.4 is 5.56 Å². The van der Waals surface area contributed by atoms with Crippen LogP contribution in [-0.4, -0.2) is 9.78 Å². The Labute approximate surface area is 104 Å². The van der Waals surface area contributed by atoms with Crippen LogP contribution in [0.2, 0.25) is 5.02 Å². The van der Waals surface area contributed by atoms with E-state index >= 15 is 0 Å². The lowest BCUT2D eigenvalue weighted by molar-refractivity contribution is 0.608. The quantitative estimate of drug-likeness (QED) is 0.864. The average molecular weight is 306 g/mol. The molecular weight excluding hydrogens is 298 g/mol. The Kier molecular flexibility index (Phi) is 2.90. The van der Waals surface area contributed by atoms with E-state index in [0.29, 0.717) is 10.2 Å². The zero-order valence-electron chi connectivity index (χ0n) is 8.22. The molecule has 1 aromatic heterocycles. The van der Waals surface area contributed by atoms with Crippen LogP contribution in [0.1, 0.15) is 5.69 Å². The van der Waals surface area contributed by atoms with Gasteiger partial charge in [-0.15, -0.1) is 0 Å². The van der Waals surface area contributed by atoms with Crippen molar-refractivity contribution in [3.05, 3.63) is 49.6 Å². The first kappa shape index (κ1) is 11.4. The fraction of sp³-hybridized carbons (Fsp3) is 0.100. The lowest BCUT2D eigenvalue weighted by atomic mass is 10.3. The third-order valence-electron chi connectivity index (χ3n) is 2.16. The van der Waals surface area contributed by atoms with Gasteiger partial charge in [0.2, 0.25) is 0 Å². The SMILES string of the molecule is Cc1[nH]n(-c2c(F)cccc2Cl)c(=O)c1Br. The van der Waals surface area contributed by atoms with Gasteiger partial charge in [-0.05, 0) is 35.0 Å². The van der Waals surface area contributed by atoms with Gasteiger partial charge >= 0.3 is 0 Å². The molecule has 0 aliphatic rings. The summed E-state index contributed by atoms with van der Waals surface area (Å²) in [4.78, 5) is 11.8. The number of nitrogens with one attached hydrogen (secondary N) is 1. The summed E-state index contributed by atoms with van der Waals surface area (Å²) in [6, 6.07) is 4.26. The number of aryl methyl sites for hydroxylation is 1. The molecule has 0 aliphatic heterocycles. The summed E-state index contributed by atoms with van der Waals surface area (Å²) in [6.07, 6.45) is 0. The van der Waals surface area contributed by atoms with Crippen LogP contribution in [-0.2, 0) is 0 Å². The number of aromatic amines is 1. The van der Waals surface area contributed by atoms with E-state index in [1.807, 2.05) is 0 Å². The topological polar surface area (TPSA) is 37.8 Å². The van der Waals surface area contributed by atoms with Gasteiger partial charge in [0.05, 0.1) is 5.02 Å². The molecule has 0 spiro atoms. The molecule has 16 heavy (non-hydrogen) atoms. The van der Waals surface area contributed by atoms with Gasteiger partial charge in [-0.25, -0.2) is 9.07 Å². The first-order valence-electron chi connectivity index (χ1n) is 4.44. The van der Waals surface area contributed by atoms with Crippen LogP contribution in [0.5, 0.6) is 0 Å². The van der Waals surface area contributed by atoms with Crippen molar-refractivity contribution in [3.63, 3.8) is 0 Å². The van der Waals surface area contributed by atoms with Crippen molar-refractivity contribution in [1.29, 1.82) is 0 Å². The summed E-state index contributed by atoms with van der Waals surface area (Å²) in [6.45, 7) is 1.71. The molecule has 2 rings (SSSR count). The molecule has 0 unspecified atom stereocenters. The van der Waals surface area contributed by atoms with Crippen molar-refractivity contribution >= 4 is 27.5 Å². The number of hydrogen-bond acceptors (Lipinski definition) is 1. The summed E-state index contributed by atoms with van der Waals surface area (Å²) < 4.78 is 15.0. The second kappa shape index (κ2) is 4.07. The van der Waals surface area contributed by atoms with Gasteiger partial charge in [-0.2, -0.15) is 0 Å². The zero-order chi connectivity index (χ0) is 11.9. The highest BCUT2D eigenvalue weighted by Gasteiger charge is 2.15. The number of H-pyrrole nitrogens is 1. The minimum Gasteiger partial charge on any atom is -0.294 e. The number of hydrogen-bond donors (Lipinski definition) is 1. The monoisotopic (exact) mass is 304 g/mol. The standard InChI is InChI=1S/C10H7BrClFN2O/c1-5-8(11)10(16)15(14-5)9-6(12)3-2-4-7(9)13/h2-4,14H,1H3. The number of benzene rings is 1. The molecular formula is C10H7BrClFN2O. The molecule has 0 bridgehead atoms. The molecule has 0 aliphatic carbocycles. The summed E-state index contributed by atoms with van der Waals surface area (Å²) >= 11 is 8.98. The molecule has 1 N–H and O–H groups in total. The highest BCUT2D eigenvalue weighted by atomic mass is 79.9. The molecule has 2 aromatic rings. The van der Waals surface area contributed by atoms with Crippen molar-refractivity contribution in [2.24, 2.45) is 0 Å². The molecule has 0 saturated carbocycles. The molecule has 3 nitrogen and oxygen atoms in total. The smallest absolute Gasteiger partial charge is 0.285 e. The lowest BCUT2D eigenvalue weighted by Crippen LogP contribution is -2.16. The summed E-state index contributed by atoms with van der Waals surface area (Å²) in [5, 5.41) is 2.92. The van der Waals surface area contributed by atoms with Crippen LogP contribution in [0.3, 0.4) is 0 Å². The third kappa shape index (κ3) is 1.70. The number of halogens is 3. The number of aromatic nitrogens is 2. The van der Waals surface area contributed by atoms with Gasteiger partial charge in [0.1, 0.15) is 16.0 Å². The van der Waals surface area contributed by atoms with Crippen LogP contribution in [0.25, 0.3) is 5.69 Å². The van der Waals surface area contributed by atoms with Crippen LogP contribution >= 0.6 is 27.5 Å². The number of rotatable bonds is 1. The molecule has 0 saturated heterocycles. The minimum atomic E-state index is -0.552. The van der Waals surface area contributed by atoms with E-state index in [9.17, 15) is 9.18 Å². The summed E-state index contributed by atoms with van der Waals surface area (Å²) in [7, 11) is 0. The normalized spacial score (nSPS) is 10.8. The van der Waals surface area contributed by atoms with Gasteiger partial charge in [0, 0.05) is 5.69 Å². The molecule has 1 heterocycles. The maximum Gasteiger partial charge on any atom is 0.285 e. The van der Waals surface area contributed by atoms with Gasteiger partial charge in [-0.3, -0.25) is 9.89 Å². The van der Waals surface area contributed by atoms with E-state index in [1.54, 1.807) is 6.92 Å². The fourth-order valence-electron chi connectivity index (χ4n) is 1.39. The Morgan fingerprint density at radius 2 is 2.19 bits per heavy atom. The Morgan fingerprint density at radius 3 is 2.69 bits per heavy atom. The Balaban J connectivity index is 2.78. The zero-order valence-corrected chi connectivity index (χ0v) is 10.6. The van der Waals surface area contributed by atoms with E-state index < -0.39 is 5.82 Å². The van der Waals surface area contributed by atoms with Crippen LogP contribution in [0.15, 0.2) is 27.5 Å². The predicted molar refractivity (Wildman–Crippen MR) is 63.8 cm³/mol. The Hall–Kier alpha value is -1.07. The maximum atomic E-state index is 13.6. The fourth-order valence-corrected chi connectivity index (χ4v) is 1.90. The number of nitrogens with zero attached hydrogens (tertiary/aromatic N) is 1. The molecule has 84 valence electrons. The van der Waals surface area contributed by atoms with Gasteiger partial charge < -0.3 is 0 Å². The first-order chi connectivity index (χ1) is 7.52. The molecule has 0 amide bonds. The average Bonchev–Trinajstić information content (AvgIpc) is 2.47. The van der Waals surface area contributed by atoms with E-state index in [4.69, 9.17) is 11.6 Å². The third-order valence-corrected chi connectivity index (χ3v) is 3.40. The first-order valence-corrected chi connectivity index (χ1v) is 5.61. The summed E-state index contributed by atoms with van der Waals surface area (Å²) in [5.74, 6) is -0.552. The minimum absolute atomic E-state index is 0.0305. The Bertz CT molecular complexity index is 585.